The molecule has 1 rings (SSSR count). The lowest BCUT2D eigenvalue weighted by atomic mass is 10.0. The fourth-order valence-electron chi connectivity index (χ4n) is 0.791. The highest BCUT2D eigenvalue weighted by molar-refractivity contribution is 5.00. The summed E-state index contributed by atoms with van der Waals surface area (Å²) >= 11 is 0. The Bertz CT molecular complexity index is 236. The van der Waals surface area contributed by atoms with Gasteiger partial charge in [-0.2, -0.15) is 26.3 Å². The first kappa shape index (κ1) is 11.5. The molecule has 0 saturated carbocycles. The zero-order valence-corrected chi connectivity index (χ0v) is 6.09. The molecular weight excluding hydrogens is 228 g/mol. The van der Waals surface area contributed by atoms with Gasteiger partial charge in [0.05, 0.1) is 0 Å². The monoisotopic (exact) mass is 230 g/mol. The molecule has 1 aliphatic rings. The molecule has 0 spiro atoms. The fourth-order valence-corrected chi connectivity index (χ4v) is 0.791. The van der Waals surface area contributed by atoms with Crippen LogP contribution in [0.3, 0.4) is 0 Å². The minimum atomic E-state index is -5.76. The maximum absolute atomic E-state index is 12.2. The van der Waals surface area contributed by atoms with Gasteiger partial charge < -0.3 is 0 Å². The highest BCUT2D eigenvalue weighted by Crippen LogP contribution is 2.51. The summed E-state index contributed by atoms with van der Waals surface area (Å²) in [5.41, 5.74) is 0. The van der Waals surface area contributed by atoms with E-state index >= 15 is 0 Å². The van der Waals surface area contributed by atoms with Crippen molar-refractivity contribution in [3.8, 4) is 0 Å². The van der Waals surface area contributed by atoms with Crippen LogP contribution < -0.4 is 0 Å². The second-order valence-corrected chi connectivity index (χ2v) is 2.61. The molecule has 0 bridgehead atoms. The molecule has 0 aromatic heterocycles. The molecule has 0 amide bonds. The molecular formula is C5H2F8O. The molecule has 84 valence electrons. The second-order valence-electron chi connectivity index (χ2n) is 2.61. The molecule has 0 aromatic rings. The van der Waals surface area contributed by atoms with Crippen molar-refractivity contribution in [2.75, 3.05) is 0 Å². The first-order valence-corrected chi connectivity index (χ1v) is 3.13. The number of hydrogen-bond donors (Lipinski definition) is 0. The second kappa shape index (κ2) is 2.71. The van der Waals surface area contributed by atoms with E-state index in [1.54, 1.807) is 0 Å². The first-order chi connectivity index (χ1) is 6.03. The van der Waals surface area contributed by atoms with Gasteiger partial charge in [0.25, 0.3) is 6.36 Å². The Morgan fingerprint density at radius 3 is 1.71 bits per heavy atom. The molecule has 1 nitrogen and oxygen atoms in total. The predicted molar refractivity (Wildman–Crippen MR) is 25.7 cm³/mol. The molecule has 9 heteroatoms. The fraction of sp³-hybridized carbons (Fsp3) is 1.00. The Hall–Kier alpha value is -0.600. The van der Waals surface area contributed by atoms with Crippen LogP contribution in [0.1, 0.15) is 0 Å². The van der Waals surface area contributed by atoms with Crippen molar-refractivity contribution in [1.29, 1.82) is 0 Å². The van der Waals surface area contributed by atoms with Crippen LogP contribution in [0.25, 0.3) is 0 Å². The van der Waals surface area contributed by atoms with Crippen molar-refractivity contribution in [2.45, 2.75) is 30.5 Å². The van der Waals surface area contributed by atoms with E-state index in [1.807, 2.05) is 0 Å². The Kier molecular flexibility index (Phi) is 2.22. The lowest BCUT2D eigenvalue weighted by molar-refractivity contribution is -0.459. The molecule has 0 radical (unpaired) electrons. The van der Waals surface area contributed by atoms with E-state index in [-0.39, 0.29) is 0 Å². The molecule has 1 saturated heterocycles. The van der Waals surface area contributed by atoms with Crippen LogP contribution in [-0.4, -0.2) is 30.5 Å². The lowest BCUT2D eigenvalue weighted by Crippen LogP contribution is -2.65. The summed E-state index contributed by atoms with van der Waals surface area (Å²) in [4.78, 5) is 0. The topological polar surface area (TPSA) is 9.23 Å². The van der Waals surface area contributed by atoms with E-state index in [1.165, 1.54) is 0 Å². The zero-order chi connectivity index (χ0) is 11.4. The molecule has 0 N–H and O–H groups in total. The smallest absolute Gasteiger partial charge is 0.274 e. The third kappa shape index (κ3) is 1.25. The maximum Gasteiger partial charge on any atom is 0.425 e. The molecule has 0 aromatic carbocycles. The third-order valence-corrected chi connectivity index (χ3v) is 1.60. The van der Waals surface area contributed by atoms with Crippen molar-refractivity contribution in [3.63, 3.8) is 0 Å². The van der Waals surface area contributed by atoms with Crippen LogP contribution in [0.15, 0.2) is 0 Å². The van der Waals surface area contributed by atoms with Crippen molar-refractivity contribution >= 4 is 0 Å². The van der Waals surface area contributed by atoms with Crippen LogP contribution in [0.4, 0.5) is 35.1 Å². The predicted octanol–water partition coefficient (Wildman–Crippen LogP) is 2.51. The largest absolute Gasteiger partial charge is 0.425 e. The van der Waals surface area contributed by atoms with Crippen LogP contribution >= 0.6 is 0 Å². The van der Waals surface area contributed by atoms with Crippen LogP contribution in [0, 0.1) is 0 Å². The van der Waals surface area contributed by atoms with Gasteiger partial charge in [0.15, 0.2) is 0 Å². The van der Waals surface area contributed by atoms with E-state index < -0.39 is 30.5 Å². The third-order valence-electron chi connectivity index (χ3n) is 1.60. The Morgan fingerprint density at radius 1 is 0.857 bits per heavy atom. The summed E-state index contributed by atoms with van der Waals surface area (Å²) in [5, 5.41) is 0. The van der Waals surface area contributed by atoms with Crippen molar-refractivity contribution in [3.05, 3.63) is 0 Å². The quantitative estimate of drug-likeness (QED) is 0.581. The zero-order valence-electron chi connectivity index (χ0n) is 6.09. The van der Waals surface area contributed by atoms with Gasteiger partial charge >= 0.3 is 18.0 Å². The van der Waals surface area contributed by atoms with Crippen LogP contribution in [0.2, 0.25) is 0 Å². The van der Waals surface area contributed by atoms with E-state index in [0.29, 0.717) is 0 Å². The van der Waals surface area contributed by atoms with E-state index in [2.05, 4.69) is 4.74 Å². The summed E-state index contributed by atoms with van der Waals surface area (Å²) in [6, 6.07) is 0. The highest BCUT2D eigenvalue weighted by Gasteiger charge is 2.78. The van der Waals surface area contributed by atoms with Gasteiger partial charge in [0.2, 0.25) is 6.17 Å². The normalized spacial score (nSPS) is 39.4. The van der Waals surface area contributed by atoms with Gasteiger partial charge in [-0.1, -0.05) is 0 Å². The number of halogens is 8. The van der Waals surface area contributed by atoms with Crippen LogP contribution in [-0.2, 0) is 4.74 Å². The van der Waals surface area contributed by atoms with E-state index in [9.17, 15) is 35.1 Å². The molecule has 1 aliphatic heterocycles. The van der Waals surface area contributed by atoms with Crippen molar-refractivity contribution in [1.82, 2.24) is 0 Å². The SMILES string of the molecule is FC1OC(F)(F)C(F)(F)C(F)C1(F)F. The summed E-state index contributed by atoms with van der Waals surface area (Å²) in [7, 11) is 0. The van der Waals surface area contributed by atoms with Gasteiger partial charge in [-0.25, -0.2) is 8.78 Å². The molecule has 1 fully saturated rings. The van der Waals surface area contributed by atoms with E-state index in [0.717, 1.165) is 0 Å². The van der Waals surface area contributed by atoms with Gasteiger partial charge in [0.1, 0.15) is 0 Å². The minimum Gasteiger partial charge on any atom is -0.274 e. The number of hydrogen-bond acceptors (Lipinski definition) is 1. The van der Waals surface area contributed by atoms with Crippen molar-refractivity contribution in [2.24, 2.45) is 0 Å². The van der Waals surface area contributed by atoms with Gasteiger partial charge in [-0.3, -0.25) is 4.74 Å². The molecule has 2 unspecified atom stereocenters. The Balaban J connectivity index is 3.10. The van der Waals surface area contributed by atoms with Crippen molar-refractivity contribution < 1.29 is 39.9 Å². The highest BCUT2D eigenvalue weighted by atomic mass is 19.3. The standard InChI is InChI=1S/C5H2F8O/c6-1-3(8,9)2(7)14-5(12,13)4(1,10)11/h1-2H. The summed E-state index contributed by atoms with van der Waals surface area (Å²) in [6.45, 7) is 0. The Labute approximate surface area is 71.6 Å². The maximum atomic E-state index is 12.2. The average Bonchev–Trinajstić information content (AvgIpc) is 1.99. The molecule has 0 aliphatic carbocycles. The molecule has 14 heavy (non-hydrogen) atoms. The molecule has 1 heterocycles. The van der Waals surface area contributed by atoms with Gasteiger partial charge in [0, 0.05) is 0 Å². The average molecular weight is 230 g/mol. The van der Waals surface area contributed by atoms with E-state index in [4.69, 9.17) is 0 Å². The number of alkyl halides is 8. The van der Waals surface area contributed by atoms with Gasteiger partial charge in [-0.05, 0) is 0 Å². The minimum absolute atomic E-state index is 2.43. The Morgan fingerprint density at radius 2 is 1.29 bits per heavy atom. The lowest BCUT2D eigenvalue weighted by Gasteiger charge is -2.39. The first-order valence-electron chi connectivity index (χ1n) is 3.13. The summed E-state index contributed by atoms with van der Waals surface area (Å²) in [6.07, 6.45) is -14.3. The summed E-state index contributed by atoms with van der Waals surface area (Å²) < 4.78 is 99.3. The number of rotatable bonds is 0. The molecule has 2 atom stereocenters. The van der Waals surface area contributed by atoms with Crippen LogP contribution in [0.5, 0.6) is 0 Å². The summed E-state index contributed by atoms with van der Waals surface area (Å²) in [5.74, 6) is -11.1. The number of ether oxygens (including phenoxy) is 1. The van der Waals surface area contributed by atoms with Gasteiger partial charge in [-0.15, -0.1) is 0 Å².